The molecule has 0 spiro atoms. The molecule has 4 heterocycles. The van der Waals surface area contributed by atoms with E-state index in [1.54, 1.807) is 6.07 Å². The van der Waals surface area contributed by atoms with Gasteiger partial charge in [0.2, 0.25) is 11.9 Å². The Hall–Kier alpha value is -2.48. The first kappa shape index (κ1) is 17.9. The molecule has 8 heteroatoms. The first-order valence-corrected chi connectivity index (χ1v) is 9.54. The van der Waals surface area contributed by atoms with E-state index in [9.17, 15) is 4.79 Å². The highest BCUT2D eigenvalue weighted by molar-refractivity contribution is 5.78. The maximum atomic E-state index is 12.2. The van der Waals surface area contributed by atoms with Gasteiger partial charge in [-0.05, 0) is 32.3 Å². The number of anilines is 1. The zero-order valence-electron chi connectivity index (χ0n) is 15.6. The molecule has 8 nitrogen and oxygen atoms in total. The van der Waals surface area contributed by atoms with Crippen LogP contribution >= 0.6 is 0 Å². The number of aromatic nitrogens is 3. The number of amides is 1. The molecule has 1 N–H and O–H groups in total. The van der Waals surface area contributed by atoms with Crippen molar-refractivity contribution < 1.29 is 14.1 Å². The van der Waals surface area contributed by atoms with Crippen LogP contribution in [-0.4, -0.2) is 53.4 Å². The Kier molecular flexibility index (Phi) is 5.33. The molecule has 0 saturated carbocycles. The van der Waals surface area contributed by atoms with Gasteiger partial charge in [0.1, 0.15) is 5.76 Å². The Morgan fingerprint density at radius 2 is 2.19 bits per heavy atom. The number of hydrogen-bond donors (Lipinski definition) is 1. The highest BCUT2D eigenvalue weighted by Gasteiger charge is 2.27. The quantitative estimate of drug-likeness (QED) is 0.853. The minimum Gasteiger partial charge on any atom is -0.381 e. The molecule has 2 aliphatic heterocycles. The Balaban J connectivity index is 1.33. The normalized spacial score (nSPS) is 20.8. The Morgan fingerprint density at radius 3 is 2.96 bits per heavy atom. The number of carbonyl (C=O) groups is 1. The summed E-state index contributed by atoms with van der Waals surface area (Å²) in [6.07, 6.45) is 4.96. The summed E-state index contributed by atoms with van der Waals surface area (Å²) in [4.78, 5) is 23.6. The highest BCUT2D eigenvalue weighted by Crippen LogP contribution is 2.26. The van der Waals surface area contributed by atoms with Crippen LogP contribution in [-0.2, 0) is 16.0 Å². The Morgan fingerprint density at radius 1 is 1.33 bits per heavy atom. The van der Waals surface area contributed by atoms with Gasteiger partial charge in [-0.15, -0.1) is 0 Å². The van der Waals surface area contributed by atoms with Crippen molar-refractivity contribution in [3.63, 3.8) is 0 Å². The van der Waals surface area contributed by atoms with Gasteiger partial charge >= 0.3 is 0 Å². The third kappa shape index (κ3) is 4.44. The molecule has 144 valence electrons. The molecule has 27 heavy (non-hydrogen) atoms. The van der Waals surface area contributed by atoms with Gasteiger partial charge in [-0.2, -0.15) is 0 Å². The minimum absolute atomic E-state index is 0.0464. The van der Waals surface area contributed by atoms with Gasteiger partial charge in [0.25, 0.3) is 0 Å². The summed E-state index contributed by atoms with van der Waals surface area (Å²) in [6, 6.07) is 3.89. The van der Waals surface area contributed by atoms with Crippen LogP contribution in [0, 0.1) is 6.92 Å². The fourth-order valence-corrected chi connectivity index (χ4v) is 3.73. The third-order valence-electron chi connectivity index (χ3n) is 5.15. The summed E-state index contributed by atoms with van der Waals surface area (Å²) in [6.45, 7) is 5.00. The van der Waals surface area contributed by atoms with E-state index < -0.39 is 0 Å². The van der Waals surface area contributed by atoms with Gasteiger partial charge < -0.3 is 19.5 Å². The van der Waals surface area contributed by atoms with E-state index in [0.29, 0.717) is 11.7 Å². The van der Waals surface area contributed by atoms with Gasteiger partial charge in [-0.1, -0.05) is 5.16 Å². The van der Waals surface area contributed by atoms with Crippen molar-refractivity contribution in [1.82, 2.24) is 20.4 Å². The van der Waals surface area contributed by atoms with Gasteiger partial charge in [0, 0.05) is 56.2 Å². The van der Waals surface area contributed by atoms with Crippen LogP contribution < -0.4 is 10.2 Å². The molecule has 2 aromatic heterocycles. The number of carbonyl (C=O) groups excluding carboxylic acids is 1. The number of aryl methyl sites for hydroxylation is 1. The summed E-state index contributed by atoms with van der Waals surface area (Å²) < 4.78 is 10.6. The third-order valence-corrected chi connectivity index (χ3v) is 5.15. The zero-order valence-corrected chi connectivity index (χ0v) is 15.6. The van der Waals surface area contributed by atoms with Crippen molar-refractivity contribution in [2.75, 3.05) is 31.2 Å². The lowest BCUT2D eigenvalue weighted by atomic mass is 9.96. The van der Waals surface area contributed by atoms with Crippen molar-refractivity contribution in [2.24, 2.45) is 0 Å². The molecular weight excluding hydrogens is 346 g/mol. The molecule has 1 unspecified atom stereocenters. The second-order valence-corrected chi connectivity index (χ2v) is 7.28. The van der Waals surface area contributed by atoms with E-state index in [-0.39, 0.29) is 18.4 Å². The molecule has 0 radical (unpaired) electrons. The molecule has 1 amide bonds. The average Bonchev–Trinajstić information content (AvgIpc) is 3.31. The van der Waals surface area contributed by atoms with Crippen LogP contribution in [0.4, 0.5) is 5.95 Å². The molecule has 1 atom stereocenters. The maximum Gasteiger partial charge on any atom is 0.228 e. The monoisotopic (exact) mass is 371 g/mol. The van der Waals surface area contributed by atoms with Crippen molar-refractivity contribution in [3.8, 4) is 0 Å². The van der Waals surface area contributed by atoms with Gasteiger partial charge in [-0.3, -0.25) is 4.79 Å². The van der Waals surface area contributed by atoms with Gasteiger partial charge in [0.05, 0.1) is 12.1 Å². The molecule has 2 aromatic rings. The lowest BCUT2D eigenvalue weighted by molar-refractivity contribution is -0.121. The predicted octanol–water partition coefficient (Wildman–Crippen LogP) is 1.60. The van der Waals surface area contributed by atoms with Crippen LogP contribution in [0.5, 0.6) is 0 Å². The number of ether oxygens (including phenoxy) is 1. The maximum absolute atomic E-state index is 12.2. The molecule has 0 aromatic carbocycles. The summed E-state index contributed by atoms with van der Waals surface area (Å²) in [7, 11) is 0. The minimum atomic E-state index is -0.0464. The molecule has 0 aliphatic carbocycles. The molecule has 0 bridgehead atoms. The zero-order chi connectivity index (χ0) is 18.6. The lowest BCUT2D eigenvalue weighted by Gasteiger charge is -2.23. The fourth-order valence-electron chi connectivity index (χ4n) is 3.73. The Bertz CT molecular complexity index is 787. The SMILES string of the molecule is Cc1cc(CC(=O)NC2CCN(c3nccc(C4CCOCC4)n3)C2)on1. The first-order chi connectivity index (χ1) is 13.2. The number of nitrogens with one attached hydrogen (secondary N) is 1. The average molecular weight is 371 g/mol. The van der Waals surface area contributed by atoms with Crippen LogP contribution in [0.25, 0.3) is 0 Å². The molecule has 2 aliphatic rings. The summed E-state index contributed by atoms with van der Waals surface area (Å²) in [5, 5.41) is 6.89. The summed E-state index contributed by atoms with van der Waals surface area (Å²) in [5.41, 5.74) is 1.88. The smallest absolute Gasteiger partial charge is 0.228 e. The topological polar surface area (TPSA) is 93.4 Å². The van der Waals surface area contributed by atoms with Crippen LogP contribution in [0.2, 0.25) is 0 Å². The van der Waals surface area contributed by atoms with E-state index in [1.807, 2.05) is 19.2 Å². The van der Waals surface area contributed by atoms with E-state index in [0.717, 1.165) is 62.9 Å². The second kappa shape index (κ2) is 8.04. The van der Waals surface area contributed by atoms with E-state index >= 15 is 0 Å². The molecule has 2 saturated heterocycles. The Labute approximate surface area is 158 Å². The van der Waals surface area contributed by atoms with Crippen molar-refractivity contribution >= 4 is 11.9 Å². The van der Waals surface area contributed by atoms with E-state index in [1.165, 1.54) is 0 Å². The predicted molar refractivity (Wildman–Crippen MR) is 98.5 cm³/mol. The number of hydrogen-bond acceptors (Lipinski definition) is 7. The van der Waals surface area contributed by atoms with E-state index in [4.69, 9.17) is 14.2 Å². The number of rotatable bonds is 5. The molecular formula is C19H25N5O3. The van der Waals surface area contributed by atoms with Gasteiger partial charge in [-0.25, -0.2) is 9.97 Å². The largest absolute Gasteiger partial charge is 0.381 e. The highest BCUT2D eigenvalue weighted by atomic mass is 16.5. The number of nitrogens with zero attached hydrogens (tertiary/aromatic N) is 4. The second-order valence-electron chi connectivity index (χ2n) is 7.28. The molecule has 4 rings (SSSR count). The summed E-state index contributed by atoms with van der Waals surface area (Å²) >= 11 is 0. The van der Waals surface area contributed by atoms with Crippen LogP contribution in [0.1, 0.15) is 42.3 Å². The lowest BCUT2D eigenvalue weighted by Crippen LogP contribution is -2.38. The van der Waals surface area contributed by atoms with Crippen molar-refractivity contribution in [2.45, 2.75) is 44.6 Å². The summed E-state index contributed by atoms with van der Waals surface area (Å²) in [5.74, 6) is 1.74. The van der Waals surface area contributed by atoms with Crippen LogP contribution in [0.15, 0.2) is 22.9 Å². The van der Waals surface area contributed by atoms with Crippen LogP contribution in [0.3, 0.4) is 0 Å². The van der Waals surface area contributed by atoms with Gasteiger partial charge in [0.15, 0.2) is 0 Å². The van der Waals surface area contributed by atoms with Crippen molar-refractivity contribution in [3.05, 3.63) is 35.5 Å². The molecule has 2 fully saturated rings. The first-order valence-electron chi connectivity index (χ1n) is 9.54. The standard InChI is InChI=1S/C19H25N5O3/c1-13-10-16(27-23-13)11-18(25)21-15-3-7-24(12-15)19-20-6-2-17(22-19)14-4-8-26-9-5-14/h2,6,10,14-15H,3-5,7-9,11-12H2,1H3,(H,21,25). The van der Waals surface area contributed by atoms with E-state index in [2.05, 4.69) is 20.4 Å². The van der Waals surface area contributed by atoms with Crippen molar-refractivity contribution in [1.29, 1.82) is 0 Å². The fraction of sp³-hybridized carbons (Fsp3) is 0.579.